The summed E-state index contributed by atoms with van der Waals surface area (Å²) < 4.78 is 5.14. The second kappa shape index (κ2) is 7.14. The Bertz CT molecular complexity index is 396. The standard InChI is InChI=1S/C15H23NO3/c1-5-15(6-2,14(17)16-19-4)11-12-7-9-13(18-3)10-8-12/h7-10H,5-6,11H2,1-4H3,(H,16,17). The van der Waals surface area contributed by atoms with Gasteiger partial charge in [0.05, 0.1) is 19.6 Å². The maximum absolute atomic E-state index is 12.2. The molecule has 0 bridgehead atoms. The van der Waals surface area contributed by atoms with Crippen molar-refractivity contribution in [3.8, 4) is 5.75 Å². The van der Waals surface area contributed by atoms with E-state index in [0.717, 1.165) is 24.2 Å². The molecule has 106 valence electrons. The van der Waals surface area contributed by atoms with Crippen LogP contribution in [0.3, 0.4) is 0 Å². The Morgan fingerprint density at radius 1 is 1.16 bits per heavy atom. The van der Waals surface area contributed by atoms with Gasteiger partial charge < -0.3 is 4.74 Å². The predicted molar refractivity (Wildman–Crippen MR) is 74.9 cm³/mol. The number of methoxy groups -OCH3 is 1. The maximum Gasteiger partial charge on any atom is 0.250 e. The highest BCUT2D eigenvalue weighted by atomic mass is 16.6. The van der Waals surface area contributed by atoms with Crippen LogP contribution in [0, 0.1) is 5.41 Å². The van der Waals surface area contributed by atoms with E-state index < -0.39 is 5.41 Å². The van der Waals surface area contributed by atoms with Crippen molar-refractivity contribution in [2.75, 3.05) is 14.2 Å². The maximum atomic E-state index is 12.2. The fourth-order valence-corrected chi connectivity index (χ4v) is 2.24. The summed E-state index contributed by atoms with van der Waals surface area (Å²) in [5.41, 5.74) is 3.16. The van der Waals surface area contributed by atoms with Crippen LogP contribution >= 0.6 is 0 Å². The molecule has 0 aliphatic heterocycles. The minimum absolute atomic E-state index is 0.0594. The molecule has 0 unspecified atom stereocenters. The third-order valence-electron chi connectivity index (χ3n) is 3.73. The molecule has 1 rings (SSSR count). The average molecular weight is 265 g/mol. The van der Waals surface area contributed by atoms with Crippen molar-refractivity contribution in [1.29, 1.82) is 0 Å². The molecule has 4 heteroatoms. The molecule has 4 nitrogen and oxygen atoms in total. The summed E-state index contributed by atoms with van der Waals surface area (Å²) in [4.78, 5) is 17.0. The summed E-state index contributed by atoms with van der Waals surface area (Å²) in [6.45, 7) is 4.06. The molecule has 0 saturated heterocycles. The van der Waals surface area contributed by atoms with Gasteiger partial charge in [-0.1, -0.05) is 26.0 Å². The Labute approximate surface area is 115 Å². The summed E-state index contributed by atoms with van der Waals surface area (Å²) in [6, 6.07) is 7.83. The van der Waals surface area contributed by atoms with Crippen molar-refractivity contribution in [2.45, 2.75) is 33.1 Å². The van der Waals surface area contributed by atoms with Crippen LogP contribution in [0.5, 0.6) is 5.75 Å². The van der Waals surface area contributed by atoms with Crippen LogP contribution < -0.4 is 10.2 Å². The second-order valence-corrected chi connectivity index (χ2v) is 4.65. The zero-order chi connectivity index (χ0) is 14.3. The van der Waals surface area contributed by atoms with Gasteiger partial charge in [-0.2, -0.15) is 0 Å². The molecule has 0 spiro atoms. The third kappa shape index (κ3) is 3.70. The molecule has 0 fully saturated rings. The largest absolute Gasteiger partial charge is 0.497 e. The molecule has 0 heterocycles. The number of carbonyl (C=O) groups is 1. The zero-order valence-corrected chi connectivity index (χ0v) is 12.2. The molecular formula is C15H23NO3. The quantitative estimate of drug-likeness (QED) is 0.771. The van der Waals surface area contributed by atoms with Gasteiger partial charge in [0, 0.05) is 0 Å². The van der Waals surface area contributed by atoms with Gasteiger partial charge >= 0.3 is 0 Å². The first-order chi connectivity index (χ1) is 9.11. The molecule has 0 atom stereocenters. The van der Waals surface area contributed by atoms with E-state index in [1.54, 1.807) is 7.11 Å². The predicted octanol–water partition coefficient (Wildman–Crippen LogP) is 2.72. The molecule has 0 aromatic heterocycles. The molecule has 1 aromatic carbocycles. The molecule has 19 heavy (non-hydrogen) atoms. The number of rotatable bonds is 7. The van der Waals surface area contributed by atoms with E-state index in [0.29, 0.717) is 6.42 Å². The third-order valence-corrected chi connectivity index (χ3v) is 3.73. The Hall–Kier alpha value is -1.55. The Morgan fingerprint density at radius 3 is 2.16 bits per heavy atom. The van der Waals surface area contributed by atoms with Gasteiger partial charge in [-0.05, 0) is 37.0 Å². The number of hydrogen-bond donors (Lipinski definition) is 1. The normalized spacial score (nSPS) is 11.2. The van der Waals surface area contributed by atoms with E-state index in [1.165, 1.54) is 7.11 Å². The van der Waals surface area contributed by atoms with Crippen LogP contribution in [-0.2, 0) is 16.1 Å². The average Bonchev–Trinajstić information content (AvgIpc) is 2.45. The van der Waals surface area contributed by atoms with Gasteiger partial charge in [-0.25, -0.2) is 5.48 Å². The summed E-state index contributed by atoms with van der Waals surface area (Å²) >= 11 is 0. The number of hydroxylamine groups is 1. The second-order valence-electron chi connectivity index (χ2n) is 4.65. The van der Waals surface area contributed by atoms with Crippen molar-refractivity contribution in [2.24, 2.45) is 5.41 Å². The van der Waals surface area contributed by atoms with Crippen LogP contribution in [0.1, 0.15) is 32.3 Å². The van der Waals surface area contributed by atoms with Gasteiger partial charge in [0.2, 0.25) is 5.91 Å². The van der Waals surface area contributed by atoms with Crippen LogP contribution in [0.15, 0.2) is 24.3 Å². The lowest BCUT2D eigenvalue weighted by molar-refractivity contribution is -0.142. The molecule has 1 aromatic rings. The first kappa shape index (κ1) is 15.5. The highest BCUT2D eigenvalue weighted by Gasteiger charge is 2.35. The lowest BCUT2D eigenvalue weighted by Crippen LogP contribution is -2.41. The van der Waals surface area contributed by atoms with Crippen LogP contribution in [0.4, 0.5) is 0 Å². The number of amides is 1. The summed E-state index contributed by atoms with van der Waals surface area (Å²) in [7, 11) is 3.10. The van der Waals surface area contributed by atoms with Gasteiger partial charge in [-0.15, -0.1) is 0 Å². The lowest BCUT2D eigenvalue weighted by Gasteiger charge is -2.29. The van der Waals surface area contributed by atoms with E-state index in [4.69, 9.17) is 9.57 Å². The number of hydrogen-bond acceptors (Lipinski definition) is 3. The first-order valence-electron chi connectivity index (χ1n) is 6.58. The fraction of sp³-hybridized carbons (Fsp3) is 0.533. The monoisotopic (exact) mass is 265 g/mol. The van der Waals surface area contributed by atoms with E-state index in [1.807, 2.05) is 38.1 Å². The molecule has 0 aliphatic carbocycles. The fourth-order valence-electron chi connectivity index (χ4n) is 2.24. The zero-order valence-electron chi connectivity index (χ0n) is 12.2. The molecule has 0 aliphatic rings. The van der Waals surface area contributed by atoms with Gasteiger partial charge in [0.1, 0.15) is 5.75 Å². The summed E-state index contributed by atoms with van der Waals surface area (Å²) in [6.07, 6.45) is 2.23. The van der Waals surface area contributed by atoms with E-state index in [9.17, 15) is 4.79 Å². The highest BCUT2D eigenvalue weighted by Crippen LogP contribution is 2.31. The molecule has 0 radical (unpaired) electrons. The minimum Gasteiger partial charge on any atom is -0.497 e. The van der Waals surface area contributed by atoms with Gasteiger partial charge in [0.25, 0.3) is 0 Å². The smallest absolute Gasteiger partial charge is 0.250 e. The van der Waals surface area contributed by atoms with Crippen molar-refractivity contribution in [3.63, 3.8) is 0 Å². The lowest BCUT2D eigenvalue weighted by atomic mass is 9.76. The van der Waals surface area contributed by atoms with E-state index in [2.05, 4.69) is 5.48 Å². The number of carbonyl (C=O) groups excluding carboxylic acids is 1. The highest BCUT2D eigenvalue weighted by molar-refractivity contribution is 5.81. The summed E-state index contributed by atoms with van der Waals surface area (Å²) in [5.74, 6) is 0.763. The number of benzene rings is 1. The first-order valence-corrected chi connectivity index (χ1v) is 6.58. The van der Waals surface area contributed by atoms with Crippen LogP contribution in [0.2, 0.25) is 0 Å². The van der Waals surface area contributed by atoms with Gasteiger partial charge in [0.15, 0.2) is 0 Å². The van der Waals surface area contributed by atoms with Gasteiger partial charge in [-0.3, -0.25) is 9.63 Å². The van der Waals surface area contributed by atoms with Crippen molar-refractivity contribution < 1.29 is 14.4 Å². The number of ether oxygens (including phenoxy) is 1. The van der Waals surface area contributed by atoms with Crippen molar-refractivity contribution in [1.82, 2.24) is 5.48 Å². The molecule has 0 saturated carbocycles. The SMILES string of the molecule is CCC(CC)(Cc1ccc(OC)cc1)C(=O)NOC. The topological polar surface area (TPSA) is 47.6 Å². The molecular weight excluding hydrogens is 242 g/mol. The Morgan fingerprint density at radius 2 is 1.74 bits per heavy atom. The molecule has 1 amide bonds. The number of nitrogens with one attached hydrogen (secondary N) is 1. The molecule has 1 N–H and O–H groups in total. The Kier molecular flexibility index (Phi) is 5.83. The van der Waals surface area contributed by atoms with Crippen LogP contribution in [0.25, 0.3) is 0 Å². The summed E-state index contributed by atoms with van der Waals surface area (Å²) in [5, 5.41) is 0. The minimum atomic E-state index is -0.426. The van der Waals surface area contributed by atoms with E-state index in [-0.39, 0.29) is 5.91 Å². The van der Waals surface area contributed by atoms with E-state index >= 15 is 0 Å². The van der Waals surface area contributed by atoms with Crippen molar-refractivity contribution >= 4 is 5.91 Å². The Balaban J connectivity index is 2.90. The van der Waals surface area contributed by atoms with Crippen LogP contribution in [-0.4, -0.2) is 20.1 Å². The van der Waals surface area contributed by atoms with Crippen molar-refractivity contribution in [3.05, 3.63) is 29.8 Å².